The van der Waals surface area contributed by atoms with Crippen LogP contribution in [0.2, 0.25) is 0 Å². The summed E-state index contributed by atoms with van der Waals surface area (Å²) >= 11 is 0. The van der Waals surface area contributed by atoms with Gasteiger partial charge in [0.2, 0.25) is 5.88 Å². The van der Waals surface area contributed by atoms with E-state index >= 15 is 0 Å². The SMILES string of the molecule is COc1ncccc1C(NN)C1CCC(C)CC1. The van der Waals surface area contributed by atoms with Gasteiger partial charge in [-0.15, -0.1) is 0 Å². The Hall–Kier alpha value is -1.13. The van der Waals surface area contributed by atoms with Gasteiger partial charge in [0, 0.05) is 11.8 Å². The van der Waals surface area contributed by atoms with Gasteiger partial charge in [-0.3, -0.25) is 11.3 Å². The predicted molar refractivity (Wildman–Crippen MR) is 72.0 cm³/mol. The predicted octanol–water partition coefficient (Wildman–Crippen LogP) is 2.42. The maximum absolute atomic E-state index is 5.76. The molecule has 0 radical (unpaired) electrons. The van der Waals surface area contributed by atoms with Crippen LogP contribution < -0.4 is 16.0 Å². The molecule has 0 aromatic carbocycles. The summed E-state index contributed by atoms with van der Waals surface area (Å²) in [7, 11) is 1.66. The van der Waals surface area contributed by atoms with E-state index in [1.54, 1.807) is 13.3 Å². The van der Waals surface area contributed by atoms with Crippen LogP contribution in [0.1, 0.15) is 44.2 Å². The van der Waals surface area contributed by atoms with E-state index in [1.165, 1.54) is 25.7 Å². The van der Waals surface area contributed by atoms with Crippen LogP contribution in [0, 0.1) is 11.8 Å². The summed E-state index contributed by atoms with van der Waals surface area (Å²) in [4.78, 5) is 4.26. The molecule has 100 valence electrons. The van der Waals surface area contributed by atoms with Crippen molar-refractivity contribution in [1.29, 1.82) is 0 Å². The summed E-state index contributed by atoms with van der Waals surface area (Å²) in [6.45, 7) is 2.33. The van der Waals surface area contributed by atoms with Gasteiger partial charge in [-0.25, -0.2) is 4.98 Å². The minimum atomic E-state index is 0.140. The van der Waals surface area contributed by atoms with Crippen LogP contribution in [0.25, 0.3) is 0 Å². The molecule has 18 heavy (non-hydrogen) atoms. The first kappa shape index (κ1) is 13.3. The van der Waals surface area contributed by atoms with Gasteiger partial charge in [0.15, 0.2) is 0 Å². The van der Waals surface area contributed by atoms with Gasteiger partial charge in [0.25, 0.3) is 0 Å². The first-order chi connectivity index (χ1) is 8.76. The molecule has 0 saturated heterocycles. The van der Waals surface area contributed by atoms with E-state index in [4.69, 9.17) is 10.6 Å². The summed E-state index contributed by atoms with van der Waals surface area (Å²) in [5, 5.41) is 0. The molecule has 4 heteroatoms. The molecule has 1 aliphatic carbocycles. The Balaban J connectivity index is 2.17. The highest BCUT2D eigenvalue weighted by Gasteiger charge is 2.28. The van der Waals surface area contributed by atoms with Crippen LogP contribution in [0.15, 0.2) is 18.3 Å². The molecular weight excluding hydrogens is 226 g/mol. The number of nitrogens with zero attached hydrogens (tertiary/aromatic N) is 1. The molecule has 1 fully saturated rings. The van der Waals surface area contributed by atoms with Gasteiger partial charge in [0.1, 0.15) is 0 Å². The Morgan fingerprint density at radius 1 is 1.39 bits per heavy atom. The molecule has 4 nitrogen and oxygen atoms in total. The number of pyridine rings is 1. The lowest BCUT2D eigenvalue weighted by Crippen LogP contribution is -2.35. The average Bonchev–Trinajstić information content (AvgIpc) is 2.42. The van der Waals surface area contributed by atoms with Crippen LogP contribution in [0.3, 0.4) is 0 Å². The van der Waals surface area contributed by atoms with Crippen molar-refractivity contribution in [3.05, 3.63) is 23.9 Å². The number of rotatable bonds is 4. The quantitative estimate of drug-likeness (QED) is 0.635. The Bertz CT molecular complexity index is 375. The van der Waals surface area contributed by atoms with Gasteiger partial charge in [0.05, 0.1) is 13.2 Å². The van der Waals surface area contributed by atoms with E-state index in [1.807, 2.05) is 12.1 Å². The average molecular weight is 249 g/mol. The summed E-state index contributed by atoms with van der Waals surface area (Å²) in [6, 6.07) is 4.13. The van der Waals surface area contributed by atoms with Crippen molar-refractivity contribution in [2.24, 2.45) is 17.7 Å². The molecule has 1 aliphatic rings. The molecule has 0 amide bonds. The normalized spacial score (nSPS) is 25.7. The molecule has 1 atom stereocenters. The number of hydrogen-bond acceptors (Lipinski definition) is 4. The second-order valence-corrected chi connectivity index (χ2v) is 5.27. The van der Waals surface area contributed by atoms with E-state index in [-0.39, 0.29) is 6.04 Å². The van der Waals surface area contributed by atoms with Crippen LogP contribution in [-0.2, 0) is 0 Å². The zero-order chi connectivity index (χ0) is 13.0. The molecule has 1 saturated carbocycles. The Morgan fingerprint density at radius 2 is 2.11 bits per heavy atom. The van der Waals surface area contributed by atoms with Crippen molar-refractivity contribution >= 4 is 0 Å². The number of hydrogen-bond donors (Lipinski definition) is 2. The Labute approximate surface area is 109 Å². The van der Waals surface area contributed by atoms with E-state index in [0.29, 0.717) is 11.8 Å². The van der Waals surface area contributed by atoms with Crippen LogP contribution in [0.4, 0.5) is 0 Å². The highest BCUT2D eigenvalue weighted by Crippen LogP contribution is 2.38. The maximum Gasteiger partial charge on any atom is 0.217 e. The van der Waals surface area contributed by atoms with Crippen molar-refractivity contribution < 1.29 is 4.74 Å². The van der Waals surface area contributed by atoms with Crippen molar-refractivity contribution in [2.45, 2.75) is 38.6 Å². The van der Waals surface area contributed by atoms with Gasteiger partial charge >= 0.3 is 0 Å². The molecule has 0 spiro atoms. The second kappa shape index (κ2) is 6.16. The van der Waals surface area contributed by atoms with Gasteiger partial charge < -0.3 is 4.74 Å². The van der Waals surface area contributed by atoms with Crippen LogP contribution in [-0.4, -0.2) is 12.1 Å². The Kier molecular flexibility index (Phi) is 4.55. The smallest absolute Gasteiger partial charge is 0.217 e. The number of nitrogens with one attached hydrogen (secondary N) is 1. The molecule has 1 heterocycles. The second-order valence-electron chi connectivity index (χ2n) is 5.27. The first-order valence-corrected chi connectivity index (χ1v) is 6.71. The molecule has 1 aromatic heterocycles. The van der Waals surface area contributed by atoms with Gasteiger partial charge in [-0.2, -0.15) is 0 Å². The fourth-order valence-corrected chi connectivity index (χ4v) is 2.91. The van der Waals surface area contributed by atoms with Crippen LogP contribution in [0.5, 0.6) is 5.88 Å². The van der Waals surface area contributed by atoms with Crippen molar-refractivity contribution in [2.75, 3.05) is 7.11 Å². The fraction of sp³-hybridized carbons (Fsp3) is 0.643. The lowest BCUT2D eigenvalue weighted by atomic mass is 9.77. The zero-order valence-corrected chi connectivity index (χ0v) is 11.2. The molecular formula is C14H23N3O. The molecule has 0 aliphatic heterocycles. The third-order valence-electron chi connectivity index (χ3n) is 4.04. The third kappa shape index (κ3) is 2.82. The monoisotopic (exact) mass is 249 g/mol. The zero-order valence-electron chi connectivity index (χ0n) is 11.2. The largest absolute Gasteiger partial charge is 0.481 e. The standard InChI is InChI=1S/C14H23N3O/c1-10-5-7-11(8-6-10)13(17-15)12-4-3-9-16-14(12)18-2/h3-4,9-11,13,17H,5-8,15H2,1-2H3. The number of methoxy groups -OCH3 is 1. The lowest BCUT2D eigenvalue weighted by Gasteiger charge is -2.32. The lowest BCUT2D eigenvalue weighted by molar-refractivity contribution is 0.228. The molecule has 0 bridgehead atoms. The molecule has 3 N–H and O–H groups in total. The number of nitrogens with two attached hydrogens (primary N) is 1. The number of ether oxygens (including phenoxy) is 1. The van der Waals surface area contributed by atoms with E-state index in [0.717, 1.165) is 11.5 Å². The molecule has 1 unspecified atom stereocenters. The summed E-state index contributed by atoms with van der Waals surface area (Å²) in [5.74, 6) is 7.86. The number of hydrazine groups is 1. The minimum absolute atomic E-state index is 0.140. The Morgan fingerprint density at radius 3 is 2.72 bits per heavy atom. The van der Waals surface area contributed by atoms with E-state index < -0.39 is 0 Å². The molecule has 2 rings (SSSR count). The van der Waals surface area contributed by atoms with Crippen LogP contribution >= 0.6 is 0 Å². The van der Waals surface area contributed by atoms with E-state index in [2.05, 4.69) is 17.3 Å². The first-order valence-electron chi connectivity index (χ1n) is 6.71. The van der Waals surface area contributed by atoms with Crippen molar-refractivity contribution in [1.82, 2.24) is 10.4 Å². The minimum Gasteiger partial charge on any atom is -0.481 e. The third-order valence-corrected chi connectivity index (χ3v) is 4.04. The van der Waals surface area contributed by atoms with Crippen molar-refractivity contribution in [3.8, 4) is 5.88 Å². The highest BCUT2D eigenvalue weighted by atomic mass is 16.5. The topological polar surface area (TPSA) is 60.2 Å². The fourth-order valence-electron chi connectivity index (χ4n) is 2.91. The van der Waals surface area contributed by atoms with Gasteiger partial charge in [-0.05, 0) is 30.7 Å². The summed E-state index contributed by atoms with van der Waals surface area (Å²) in [5.41, 5.74) is 4.03. The summed E-state index contributed by atoms with van der Waals surface area (Å²) in [6.07, 6.45) is 6.75. The highest BCUT2D eigenvalue weighted by molar-refractivity contribution is 5.29. The van der Waals surface area contributed by atoms with Gasteiger partial charge in [-0.1, -0.05) is 25.8 Å². The van der Waals surface area contributed by atoms with E-state index in [9.17, 15) is 0 Å². The maximum atomic E-state index is 5.76. The summed E-state index contributed by atoms with van der Waals surface area (Å²) < 4.78 is 5.33. The van der Waals surface area contributed by atoms with Crippen molar-refractivity contribution in [3.63, 3.8) is 0 Å². The molecule has 1 aromatic rings. The number of aromatic nitrogens is 1.